The lowest BCUT2D eigenvalue weighted by Gasteiger charge is -2.05. The second-order valence-electron chi connectivity index (χ2n) is 3.60. The predicted molar refractivity (Wildman–Crippen MR) is 70.0 cm³/mol. The fourth-order valence-corrected chi connectivity index (χ4v) is 2.66. The van der Waals surface area contributed by atoms with E-state index in [0.717, 1.165) is 30.0 Å². The molecule has 94 valence electrons. The van der Waals surface area contributed by atoms with Gasteiger partial charge in [-0.3, -0.25) is 0 Å². The van der Waals surface area contributed by atoms with Gasteiger partial charge in [0.2, 0.25) is 0 Å². The molecule has 18 heavy (non-hydrogen) atoms. The molecule has 0 amide bonds. The molecule has 0 bridgehead atoms. The second-order valence-corrected chi connectivity index (χ2v) is 5.53. The molecule has 5 heteroatoms. The Kier molecular flexibility index (Phi) is 4.35. The van der Waals surface area contributed by atoms with Crippen LogP contribution in [-0.4, -0.2) is 0 Å². The SMILES string of the molecule is Fc1ccc(F)c(SCc2ccc(Br)cc2F)c1. The Labute approximate surface area is 115 Å². The van der Waals surface area contributed by atoms with E-state index in [0.29, 0.717) is 10.0 Å². The largest absolute Gasteiger partial charge is 0.207 e. The Hall–Kier alpha value is -0.940. The van der Waals surface area contributed by atoms with Crippen LogP contribution in [-0.2, 0) is 5.75 Å². The minimum Gasteiger partial charge on any atom is -0.207 e. The molecule has 2 aromatic carbocycles. The van der Waals surface area contributed by atoms with Crippen LogP contribution < -0.4 is 0 Å². The monoisotopic (exact) mass is 332 g/mol. The number of thioether (sulfide) groups is 1. The van der Waals surface area contributed by atoms with Gasteiger partial charge in [-0.2, -0.15) is 0 Å². The molecule has 0 radical (unpaired) electrons. The summed E-state index contributed by atoms with van der Waals surface area (Å²) in [4.78, 5) is 0.178. The first kappa shape index (κ1) is 13.5. The van der Waals surface area contributed by atoms with E-state index in [2.05, 4.69) is 15.9 Å². The summed E-state index contributed by atoms with van der Waals surface area (Å²) in [6.45, 7) is 0. The number of rotatable bonds is 3. The molecule has 2 rings (SSSR count). The summed E-state index contributed by atoms with van der Waals surface area (Å²) in [6, 6.07) is 7.90. The van der Waals surface area contributed by atoms with E-state index in [1.54, 1.807) is 12.1 Å². The number of hydrogen-bond donors (Lipinski definition) is 0. The van der Waals surface area contributed by atoms with Gasteiger partial charge in [-0.05, 0) is 35.9 Å². The number of halogens is 4. The third-order valence-corrected chi connectivity index (χ3v) is 3.86. The van der Waals surface area contributed by atoms with E-state index in [1.807, 2.05) is 0 Å². The summed E-state index contributed by atoms with van der Waals surface area (Å²) < 4.78 is 40.5. The van der Waals surface area contributed by atoms with E-state index in [1.165, 1.54) is 6.07 Å². The van der Waals surface area contributed by atoms with E-state index >= 15 is 0 Å². The fourth-order valence-electron chi connectivity index (χ4n) is 1.38. The van der Waals surface area contributed by atoms with E-state index in [-0.39, 0.29) is 16.5 Å². The van der Waals surface area contributed by atoms with Crippen LogP contribution in [0.4, 0.5) is 13.2 Å². The first-order valence-corrected chi connectivity index (χ1v) is 6.86. The molecule has 0 atom stereocenters. The van der Waals surface area contributed by atoms with Gasteiger partial charge in [0.25, 0.3) is 0 Å². The van der Waals surface area contributed by atoms with Gasteiger partial charge in [-0.25, -0.2) is 13.2 Å². The van der Waals surface area contributed by atoms with Gasteiger partial charge >= 0.3 is 0 Å². The zero-order valence-corrected chi connectivity index (χ0v) is 11.5. The van der Waals surface area contributed by atoms with Crippen molar-refractivity contribution >= 4 is 27.7 Å². The van der Waals surface area contributed by atoms with Gasteiger partial charge in [0.15, 0.2) is 0 Å². The van der Waals surface area contributed by atoms with Crippen LogP contribution >= 0.6 is 27.7 Å². The average molecular weight is 333 g/mol. The summed E-state index contributed by atoms with van der Waals surface area (Å²) >= 11 is 4.22. The summed E-state index contributed by atoms with van der Waals surface area (Å²) in [6.07, 6.45) is 0. The molecule has 0 N–H and O–H groups in total. The maximum atomic E-state index is 13.5. The van der Waals surface area contributed by atoms with Crippen molar-refractivity contribution in [1.82, 2.24) is 0 Å². The quantitative estimate of drug-likeness (QED) is 0.699. The van der Waals surface area contributed by atoms with Gasteiger partial charge in [-0.1, -0.05) is 22.0 Å². The molecule has 0 nitrogen and oxygen atoms in total. The molecule has 0 aliphatic heterocycles. The van der Waals surface area contributed by atoms with E-state index in [9.17, 15) is 13.2 Å². The Morgan fingerprint density at radius 3 is 2.44 bits per heavy atom. The first-order chi connectivity index (χ1) is 8.56. The highest BCUT2D eigenvalue weighted by atomic mass is 79.9. The third kappa shape index (κ3) is 3.29. The summed E-state index contributed by atoms with van der Waals surface area (Å²) in [5, 5.41) is 0. The molecular weight excluding hydrogens is 325 g/mol. The molecule has 0 aliphatic carbocycles. The third-order valence-electron chi connectivity index (χ3n) is 2.29. The minimum absolute atomic E-state index is 0.178. The molecule has 0 heterocycles. The minimum atomic E-state index is -0.504. The van der Waals surface area contributed by atoms with Crippen molar-refractivity contribution in [1.29, 1.82) is 0 Å². The number of hydrogen-bond acceptors (Lipinski definition) is 1. The van der Waals surface area contributed by atoms with Gasteiger partial charge in [0, 0.05) is 15.1 Å². The molecule has 2 aromatic rings. The Morgan fingerprint density at radius 2 is 1.72 bits per heavy atom. The zero-order chi connectivity index (χ0) is 13.1. The van der Waals surface area contributed by atoms with Crippen molar-refractivity contribution in [2.75, 3.05) is 0 Å². The Bertz CT molecular complexity index is 572. The van der Waals surface area contributed by atoms with Crippen molar-refractivity contribution in [2.45, 2.75) is 10.6 Å². The van der Waals surface area contributed by atoms with Crippen LogP contribution in [0.15, 0.2) is 45.8 Å². The molecule has 0 aliphatic rings. The summed E-state index contributed by atoms with van der Waals surface area (Å²) in [7, 11) is 0. The molecular formula is C13H8BrF3S. The summed E-state index contributed by atoms with van der Waals surface area (Å²) in [5.41, 5.74) is 0.451. The maximum absolute atomic E-state index is 13.5. The van der Waals surface area contributed by atoms with Crippen molar-refractivity contribution in [3.8, 4) is 0 Å². The van der Waals surface area contributed by atoms with Crippen LogP contribution in [0.1, 0.15) is 5.56 Å². The Balaban J connectivity index is 2.13. The van der Waals surface area contributed by atoms with Crippen LogP contribution in [0, 0.1) is 17.5 Å². The van der Waals surface area contributed by atoms with Gasteiger partial charge in [-0.15, -0.1) is 11.8 Å². The first-order valence-electron chi connectivity index (χ1n) is 5.08. The standard InChI is InChI=1S/C13H8BrF3S/c14-9-2-1-8(12(17)5-9)7-18-13-6-10(15)3-4-11(13)16/h1-6H,7H2. The highest BCUT2D eigenvalue weighted by Gasteiger charge is 2.07. The highest BCUT2D eigenvalue weighted by molar-refractivity contribution is 9.10. The molecule has 0 aromatic heterocycles. The normalized spacial score (nSPS) is 10.7. The molecule has 0 unspecified atom stereocenters. The molecule has 0 fully saturated rings. The van der Waals surface area contributed by atoms with Crippen LogP contribution in [0.5, 0.6) is 0 Å². The fraction of sp³-hybridized carbons (Fsp3) is 0.0769. The maximum Gasteiger partial charge on any atom is 0.136 e. The van der Waals surface area contributed by atoms with Gasteiger partial charge < -0.3 is 0 Å². The lowest BCUT2D eigenvalue weighted by atomic mass is 10.2. The smallest absolute Gasteiger partial charge is 0.136 e. The van der Waals surface area contributed by atoms with Crippen LogP contribution in [0.25, 0.3) is 0 Å². The molecule has 0 spiro atoms. The van der Waals surface area contributed by atoms with E-state index in [4.69, 9.17) is 0 Å². The molecule has 0 saturated carbocycles. The predicted octanol–water partition coefficient (Wildman–Crippen LogP) is 5.16. The molecule has 0 saturated heterocycles. The van der Waals surface area contributed by atoms with Crippen molar-refractivity contribution < 1.29 is 13.2 Å². The van der Waals surface area contributed by atoms with Crippen molar-refractivity contribution in [3.05, 3.63) is 63.9 Å². The van der Waals surface area contributed by atoms with Gasteiger partial charge in [0.05, 0.1) is 0 Å². The average Bonchev–Trinajstić information content (AvgIpc) is 2.32. The van der Waals surface area contributed by atoms with Crippen molar-refractivity contribution in [2.24, 2.45) is 0 Å². The second kappa shape index (κ2) is 5.80. The van der Waals surface area contributed by atoms with Crippen molar-refractivity contribution in [3.63, 3.8) is 0 Å². The lowest BCUT2D eigenvalue weighted by molar-refractivity contribution is 0.577. The topological polar surface area (TPSA) is 0 Å². The number of benzene rings is 2. The van der Waals surface area contributed by atoms with E-state index < -0.39 is 11.6 Å². The zero-order valence-electron chi connectivity index (χ0n) is 9.09. The highest BCUT2D eigenvalue weighted by Crippen LogP contribution is 2.28. The summed E-state index contributed by atoms with van der Waals surface area (Å²) in [5.74, 6) is -1.12. The van der Waals surface area contributed by atoms with Crippen LogP contribution in [0.3, 0.4) is 0 Å². The van der Waals surface area contributed by atoms with Gasteiger partial charge in [0.1, 0.15) is 17.5 Å². The Morgan fingerprint density at radius 1 is 0.944 bits per heavy atom. The van der Waals surface area contributed by atoms with Crippen LogP contribution in [0.2, 0.25) is 0 Å². The lowest BCUT2D eigenvalue weighted by Crippen LogP contribution is -1.89.